The van der Waals surface area contributed by atoms with Crippen molar-refractivity contribution in [2.24, 2.45) is 4.40 Å². The second-order valence-electron chi connectivity index (χ2n) is 8.28. The maximum Gasteiger partial charge on any atom is 0.338 e. The molecule has 1 aliphatic carbocycles. The van der Waals surface area contributed by atoms with Gasteiger partial charge in [-0.1, -0.05) is 24.3 Å². The molecule has 1 amide bonds. The van der Waals surface area contributed by atoms with E-state index in [2.05, 4.69) is 16.5 Å². The first kappa shape index (κ1) is 22.0. The van der Waals surface area contributed by atoms with Gasteiger partial charge in [0.25, 0.3) is 15.9 Å². The van der Waals surface area contributed by atoms with Gasteiger partial charge in [0.05, 0.1) is 23.0 Å². The van der Waals surface area contributed by atoms with Gasteiger partial charge >= 0.3 is 5.97 Å². The highest BCUT2D eigenvalue weighted by atomic mass is 32.2. The Kier molecular flexibility index (Phi) is 5.65. The number of fused-ring (bicyclic) bond motifs is 4. The summed E-state index contributed by atoms with van der Waals surface area (Å²) in [7, 11) is -1.69. The third-order valence-electron chi connectivity index (χ3n) is 6.23. The number of carbonyl (C=O) groups is 2. The molecule has 0 spiro atoms. The molecule has 33 heavy (non-hydrogen) atoms. The number of hydrogen-bond acceptors (Lipinski definition) is 7. The molecule has 172 valence electrons. The van der Waals surface area contributed by atoms with E-state index in [0.29, 0.717) is 17.3 Å². The summed E-state index contributed by atoms with van der Waals surface area (Å²) in [6, 6.07) is 13.2. The van der Waals surface area contributed by atoms with E-state index < -0.39 is 16.0 Å². The van der Waals surface area contributed by atoms with Crippen molar-refractivity contribution in [3.8, 4) is 0 Å². The summed E-state index contributed by atoms with van der Waals surface area (Å²) >= 11 is 1.21. The molecule has 0 fully saturated rings. The number of aryl methyl sites for hydroxylation is 1. The number of sulfonamides is 1. The van der Waals surface area contributed by atoms with Crippen LogP contribution in [0.2, 0.25) is 0 Å². The van der Waals surface area contributed by atoms with Gasteiger partial charge in [0.15, 0.2) is 11.8 Å². The minimum atomic E-state index is -3.44. The zero-order valence-electron chi connectivity index (χ0n) is 18.1. The van der Waals surface area contributed by atoms with Crippen LogP contribution in [0.4, 0.5) is 5.69 Å². The van der Waals surface area contributed by atoms with Crippen molar-refractivity contribution in [2.75, 3.05) is 30.9 Å². The van der Waals surface area contributed by atoms with Gasteiger partial charge in [0, 0.05) is 18.5 Å². The summed E-state index contributed by atoms with van der Waals surface area (Å²) in [5.74, 6) is -0.887. The fourth-order valence-corrected chi connectivity index (χ4v) is 6.77. The Morgan fingerprint density at radius 3 is 2.91 bits per heavy atom. The van der Waals surface area contributed by atoms with Crippen LogP contribution in [0, 0.1) is 0 Å². The lowest BCUT2D eigenvalue weighted by atomic mass is 9.87. The van der Waals surface area contributed by atoms with E-state index in [1.165, 1.54) is 17.3 Å². The molecule has 5 rings (SSSR count). The first-order valence-electron chi connectivity index (χ1n) is 10.7. The highest BCUT2D eigenvalue weighted by Gasteiger charge is 2.34. The van der Waals surface area contributed by atoms with E-state index in [-0.39, 0.29) is 24.3 Å². The monoisotopic (exact) mass is 485 g/mol. The number of carbonyl (C=O) groups excluding carboxylic acids is 2. The van der Waals surface area contributed by atoms with Crippen LogP contribution in [0.25, 0.3) is 0 Å². The Morgan fingerprint density at radius 1 is 1.24 bits per heavy atom. The molecule has 0 N–H and O–H groups in total. The maximum atomic E-state index is 12.8. The SMILES string of the molecule is CN(C(=O)COC(=O)c1ccc2c(c1)SC1=NS(=O)(=O)CCN12)C1CCCc2ccccc21. The molecule has 1 atom stereocenters. The van der Waals surface area contributed by atoms with Crippen molar-refractivity contribution in [1.29, 1.82) is 0 Å². The van der Waals surface area contributed by atoms with Gasteiger partial charge in [-0.15, -0.1) is 4.40 Å². The number of thioether (sulfide) groups is 1. The highest BCUT2D eigenvalue weighted by Crippen LogP contribution is 2.42. The molecular formula is C23H23N3O5S2. The van der Waals surface area contributed by atoms with E-state index in [1.807, 2.05) is 17.0 Å². The second-order valence-corrected chi connectivity index (χ2v) is 11.0. The quantitative estimate of drug-likeness (QED) is 0.614. The van der Waals surface area contributed by atoms with Gasteiger partial charge in [-0.05, 0) is 60.4 Å². The molecule has 0 saturated heterocycles. The zero-order valence-corrected chi connectivity index (χ0v) is 19.7. The molecule has 2 aromatic carbocycles. The van der Waals surface area contributed by atoms with Crippen molar-refractivity contribution in [3.63, 3.8) is 0 Å². The molecule has 0 aromatic heterocycles. The van der Waals surface area contributed by atoms with E-state index in [0.717, 1.165) is 35.4 Å². The molecule has 1 unspecified atom stereocenters. The number of likely N-dealkylation sites (N-methyl/N-ethyl adjacent to an activating group) is 1. The summed E-state index contributed by atoms with van der Waals surface area (Å²) in [4.78, 5) is 29.6. The number of benzene rings is 2. The molecule has 2 aromatic rings. The number of amidine groups is 1. The third kappa shape index (κ3) is 4.24. The zero-order chi connectivity index (χ0) is 23.2. The number of ether oxygens (including phenoxy) is 1. The van der Waals surface area contributed by atoms with Crippen molar-refractivity contribution in [3.05, 3.63) is 59.2 Å². The third-order valence-corrected chi connectivity index (χ3v) is 8.54. The number of anilines is 1. The van der Waals surface area contributed by atoms with Crippen LogP contribution in [0.5, 0.6) is 0 Å². The van der Waals surface area contributed by atoms with Crippen molar-refractivity contribution >= 4 is 44.5 Å². The summed E-state index contributed by atoms with van der Waals surface area (Å²) in [6.45, 7) is -0.00854. The van der Waals surface area contributed by atoms with Gasteiger partial charge in [0.2, 0.25) is 0 Å². The lowest BCUT2D eigenvalue weighted by Crippen LogP contribution is -2.36. The average Bonchev–Trinajstić information content (AvgIpc) is 3.16. The van der Waals surface area contributed by atoms with Gasteiger partial charge in [-0.2, -0.15) is 0 Å². The van der Waals surface area contributed by atoms with Crippen LogP contribution in [0.1, 0.15) is 40.4 Å². The molecule has 3 aliphatic rings. The lowest BCUT2D eigenvalue weighted by Gasteiger charge is -2.33. The summed E-state index contributed by atoms with van der Waals surface area (Å²) in [6.07, 6.45) is 2.90. The van der Waals surface area contributed by atoms with Crippen molar-refractivity contribution < 1.29 is 22.7 Å². The van der Waals surface area contributed by atoms with Crippen LogP contribution < -0.4 is 4.90 Å². The second kappa shape index (κ2) is 8.49. The normalized spacial score (nSPS) is 20.2. The van der Waals surface area contributed by atoms with E-state index >= 15 is 0 Å². The summed E-state index contributed by atoms with van der Waals surface area (Å²) in [5, 5.41) is 0.395. The number of hydrogen-bond donors (Lipinski definition) is 0. The first-order valence-corrected chi connectivity index (χ1v) is 13.2. The Labute approximate surface area is 196 Å². The Balaban J connectivity index is 1.24. The fraction of sp³-hybridized carbons (Fsp3) is 0.348. The minimum absolute atomic E-state index is 0.0213. The predicted octanol–water partition coefficient (Wildman–Crippen LogP) is 2.99. The summed E-state index contributed by atoms with van der Waals surface area (Å²) < 4.78 is 32.7. The Morgan fingerprint density at radius 2 is 2.06 bits per heavy atom. The minimum Gasteiger partial charge on any atom is -0.452 e. The van der Waals surface area contributed by atoms with Gasteiger partial charge in [-0.25, -0.2) is 13.2 Å². The van der Waals surface area contributed by atoms with Crippen LogP contribution in [0.15, 0.2) is 51.8 Å². The largest absolute Gasteiger partial charge is 0.452 e. The summed E-state index contributed by atoms with van der Waals surface area (Å²) in [5.41, 5.74) is 3.54. The number of esters is 1. The standard InChI is InChI=1S/C23H23N3O5S2/c1-25(18-8-4-6-15-5-2-3-7-17(15)18)21(27)14-31-22(28)16-9-10-19-20(13-16)32-23-24-33(29,30)12-11-26(19)23/h2-3,5,7,9-10,13,18H,4,6,8,11-12,14H2,1H3. The molecule has 8 nitrogen and oxygen atoms in total. The smallest absolute Gasteiger partial charge is 0.338 e. The molecular weight excluding hydrogens is 462 g/mol. The van der Waals surface area contributed by atoms with Crippen molar-refractivity contribution in [1.82, 2.24) is 4.90 Å². The predicted molar refractivity (Wildman–Crippen MR) is 126 cm³/mol. The average molecular weight is 486 g/mol. The van der Waals surface area contributed by atoms with Crippen LogP contribution in [0.3, 0.4) is 0 Å². The molecule has 10 heteroatoms. The first-order chi connectivity index (χ1) is 15.8. The van der Waals surface area contributed by atoms with Gasteiger partial charge in [-0.3, -0.25) is 4.79 Å². The molecule has 0 radical (unpaired) electrons. The van der Waals surface area contributed by atoms with Gasteiger partial charge in [0.1, 0.15) is 0 Å². The van der Waals surface area contributed by atoms with Gasteiger partial charge < -0.3 is 14.5 Å². The van der Waals surface area contributed by atoms with E-state index in [4.69, 9.17) is 4.74 Å². The van der Waals surface area contributed by atoms with Crippen LogP contribution >= 0.6 is 11.8 Å². The topological polar surface area (TPSA) is 96.3 Å². The number of amides is 1. The lowest BCUT2D eigenvalue weighted by molar-refractivity contribution is -0.135. The molecule has 0 saturated carbocycles. The number of nitrogens with zero attached hydrogens (tertiary/aromatic N) is 3. The maximum absolute atomic E-state index is 12.8. The fourth-order valence-electron chi connectivity index (χ4n) is 4.47. The Bertz CT molecular complexity index is 1270. The highest BCUT2D eigenvalue weighted by molar-refractivity contribution is 8.15. The molecule has 0 bridgehead atoms. The van der Waals surface area contributed by atoms with Crippen LogP contribution in [-0.4, -0.2) is 56.3 Å². The Hall–Kier alpha value is -2.85. The van der Waals surface area contributed by atoms with E-state index in [9.17, 15) is 18.0 Å². The van der Waals surface area contributed by atoms with E-state index in [1.54, 1.807) is 30.1 Å². The molecule has 2 aliphatic heterocycles. The van der Waals surface area contributed by atoms with Crippen molar-refractivity contribution in [2.45, 2.75) is 30.2 Å². The molecule has 2 heterocycles. The number of rotatable bonds is 4. The van der Waals surface area contributed by atoms with Crippen LogP contribution in [-0.2, 0) is 26.0 Å².